The fourth-order valence-corrected chi connectivity index (χ4v) is 2.66. The van der Waals surface area contributed by atoms with Gasteiger partial charge >= 0.3 is 0 Å². The van der Waals surface area contributed by atoms with Crippen molar-refractivity contribution in [1.82, 2.24) is 10.2 Å². The van der Waals surface area contributed by atoms with E-state index < -0.39 is 0 Å². The minimum atomic E-state index is 0.628. The fourth-order valence-electron chi connectivity index (χ4n) is 2.66. The Hall–Kier alpha value is -0.120. The van der Waals surface area contributed by atoms with Crippen LogP contribution in [0.15, 0.2) is 0 Å². The van der Waals surface area contributed by atoms with Gasteiger partial charge in [-0.2, -0.15) is 0 Å². The highest BCUT2D eigenvalue weighted by Crippen LogP contribution is 2.19. The van der Waals surface area contributed by atoms with Crippen molar-refractivity contribution in [2.24, 2.45) is 5.92 Å². The zero-order valence-electron chi connectivity index (χ0n) is 12.2. The van der Waals surface area contributed by atoms with E-state index >= 15 is 0 Å². The van der Waals surface area contributed by atoms with Gasteiger partial charge in [0.15, 0.2) is 0 Å². The summed E-state index contributed by atoms with van der Waals surface area (Å²) in [5.41, 5.74) is 0. The Bertz CT molecular complexity index is 208. The smallest absolute Gasteiger partial charge is 0.0477 e. The summed E-state index contributed by atoms with van der Waals surface area (Å²) in [5.74, 6) is 0.713. The Kier molecular flexibility index (Phi) is 6.45. The third kappa shape index (κ3) is 4.23. The van der Waals surface area contributed by atoms with Gasteiger partial charge in [0.1, 0.15) is 0 Å². The van der Waals surface area contributed by atoms with Crippen molar-refractivity contribution in [3.05, 3.63) is 0 Å². The molecule has 102 valence electrons. The maximum absolute atomic E-state index is 5.20. The van der Waals surface area contributed by atoms with Gasteiger partial charge in [0.25, 0.3) is 0 Å². The normalized spacial score (nSPS) is 28.6. The van der Waals surface area contributed by atoms with E-state index in [1.165, 1.54) is 13.0 Å². The molecule has 1 fully saturated rings. The molecular formula is C14H30N2O. The van der Waals surface area contributed by atoms with E-state index in [9.17, 15) is 0 Å². The molecule has 3 heteroatoms. The van der Waals surface area contributed by atoms with Crippen LogP contribution in [0.4, 0.5) is 0 Å². The molecule has 3 nitrogen and oxygen atoms in total. The van der Waals surface area contributed by atoms with Crippen molar-refractivity contribution in [2.75, 3.05) is 26.8 Å². The van der Waals surface area contributed by atoms with Crippen LogP contribution in [-0.4, -0.2) is 49.8 Å². The van der Waals surface area contributed by atoms with Crippen LogP contribution in [0.2, 0.25) is 0 Å². The van der Waals surface area contributed by atoms with Gasteiger partial charge in [0.05, 0.1) is 0 Å². The fraction of sp³-hybridized carbons (Fsp3) is 1.00. The summed E-state index contributed by atoms with van der Waals surface area (Å²) in [7, 11) is 1.79. The Morgan fingerprint density at radius 3 is 2.59 bits per heavy atom. The van der Waals surface area contributed by atoms with E-state index in [4.69, 9.17) is 4.74 Å². The molecule has 0 amide bonds. The summed E-state index contributed by atoms with van der Waals surface area (Å²) in [6, 6.07) is 1.96. The van der Waals surface area contributed by atoms with E-state index in [1.54, 1.807) is 7.11 Å². The number of ether oxygens (including phenoxy) is 1. The van der Waals surface area contributed by atoms with Gasteiger partial charge in [0, 0.05) is 44.9 Å². The number of nitrogens with one attached hydrogen (secondary N) is 1. The first-order valence-corrected chi connectivity index (χ1v) is 7.08. The number of piperazine rings is 1. The van der Waals surface area contributed by atoms with E-state index in [-0.39, 0.29) is 0 Å². The van der Waals surface area contributed by atoms with E-state index in [0.29, 0.717) is 24.0 Å². The summed E-state index contributed by atoms with van der Waals surface area (Å²) in [5, 5.41) is 3.69. The number of methoxy groups -OCH3 is 1. The lowest BCUT2D eigenvalue weighted by Crippen LogP contribution is -2.60. The lowest BCUT2D eigenvalue weighted by atomic mass is 9.96. The summed E-state index contributed by atoms with van der Waals surface area (Å²) >= 11 is 0. The Morgan fingerprint density at radius 2 is 2.06 bits per heavy atom. The first kappa shape index (κ1) is 14.9. The van der Waals surface area contributed by atoms with Crippen LogP contribution in [0.1, 0.15) is 40.5 Å². The van der Waals surface area contributed by atoms with Gasteiger partial charge in [0.2, 0.25) is 0 Å². The molecule has 1 N–H and O–H groups in total. The number of nitrogens with zero attached hydrogens (tertiary/aromatic N) is 1. The monoisotopic (exact) mass is 242 g/mol. The molecule has 1 heterocycles. The van der Waals surface area contributed by atoms with Crippen LogP contribution in [0.5, 0.6) is 0 Å². The molecule has 0 saturated carbocycles. The van der Waals surface area contributed by atoms with Crippen LogP contribution in [0, 0.1) is 5.92 Å². The van der Waals surface area contributed by atoms with Crippen molar-refractivity contribution in [1.29, 1.82) is 0 Å². The Morgan fingerprint density at radius 1 is 1.35 bits per heavy atom. The lowest BCUT2D eigenvalue weighted by Gasteiger charge is -2.44. The number of rotatable bonds is 6. The van der Waals surface area contributed by atoms with Gasteiger partial charge in [-0.25, -0.2) is 0 Å². The van der Waals surface area contributed by atoms with E-state index in [1.807, 2.05) is 0 Å². The van der Waals surface area contributed by atoms with Crippen LogP contribution in [-0.2, 0) is 4.74 Å². The highest BCUT2D eigenvalue weighted by atomic mass is 16.5. The molecule has 1 aliphatic heterocycles. The average Bonchev–Trinajstić information content (AvgIpc) is 2.34. The van der Waals surface area contributed by atoms with Crippen LogP contribution in [0.3, 0.4) is 0 Å². The van der Waals surface area contributed by atoms with Crippen molar-refractivity contribution in [3.63, 3.8) is 0 Å². The van der Waals surface area contributed by atoms with Gasteiger partial charge < -0.3 is 10.1 Å². The van der Waals surface area contributed by atoms with Gasteiger partial charge in [-0.05, 0) is 25.7 Å². The molecule has 1 rings (SSSR count). The van der Waals surface area contributed by atoms with Gasteiger partial charge in [-0.15, -0.1) is 0 Å². The standard InChI is InChI=1S/C14H30N2O/c1-6-13-9-15-14(11(2)3)10-16(13)12(4)7-8-17-5/h11-15H,6-10H2,1-5H3. The minimum absolute atomic E-state index is 0.628. The third-order valence-electron chi connectivity index (χ3n) is 4.07. The molecule has 3 atom stereocenters. The highest BCUT2D eigenvalue weighted by Gasteiger charge is 2.30. The first-order chi connectivity index (χ1) is 8.10. The number of hydrogen-bond donors (Lipinski definition) is 1. The summed E-state index contributed by atoms with van der Waals surface area (Å²) in [4.78, 5) is 2.68. The van der Waals surface area contributed by atoms with Crippen molar-refractivity contribution in [3.8, 4) is 0 Å². The maximum atomic E-state index is 5.20. The molecule has 17 heavy (non-hydrogen) atoms. The molecular weight excluding hydrogens is 212 g/mol. The third-order valence-corrected chi connectivity index (χ3v) is 4.07. The molecule has 1 saturated heterocycles. The highest BCUT2D eigenvalue weighted by molar-refractivity contribution is 4.89. The Balaban J connectivity index is 2.55. The molecule has 3 unspecified atom stereocenters. The summed E-state index contributed by atoms with van der Waals surface area (Å²) in [6.07, 6.45) is 2.37. The predicted molar refractivity (Wildman–Crippen MR) is 73.4 cm³/mol. The van der Waals surface area contributed by atoms with Crippen LogP contribution >= 0.6 is 0 Å². The maximum Gasteiger partial charge on any atom is 0.0477 e. The molecule has 0 aromatic heterocycles. The number of hydrogen-bond acceptors (Lipinski definition) is 3. The predicted octanol–water partition coefficient (Wildman–Crippen LogP) is 2.12. The minimum Gasteiger partial charge on any atom is -0.385 e. The SMILES string of the molecule is CCC1CNC(C(C)C)CN1C(C)CCOC. The molecule has 0 radical (unpaired) electrons. The topological polar surface area (TPSA) is 24.5 Å². The average molecular weight is 242 g/mol. The van der Waals surface area contributed by atoms with Gasteiger partial charge in [-0.1, -0.05) is 20.8 Å². The van der Waals surface area contributed by atoms with Gasteiger partial charge in [-0.3, -0.25) is 4.90 Å². The molecule has 0 bridgehead atoms. The first-order valence-electron chi connectivity index (χ1n) is 7.08. The molecule has 0 spiro atoms. The molecule has 0 aromatic rings. The van der Waals surface area contributed by atoms with Crippen LogP contribution in [0.25, 0.3) is 0 Å². The zero-order chi connectivity index (χ0) is 12.8. The van der Waals surface area contributed by atoms with Crippen molar-refractivity contribution in [2.45, 2.75) is 58.7 Å². The summed E-state index contributed by atoms with van der Waals surface area (Å²) < 4.78 is 5.20. The van der Waals surface area contributed by atoms with E-state index in [0.717, 1.165) is 19.6 Å². The second kappa shape index (κ2) is 7.34. The molecule has 0 aromatic carbocycles. The second-order valence-electron chi connectivity index (χ2n) is 5.65. The second-order valence-corrected chi connectivity index (χ2v) is 5.65. The molecule has 0 aliphatic carbocycles. The quantitative estimate of drug-likeness (QED) is 0.772. The zero-order valence-corrected chi connectivity index (χ0v) is 12.2. The molecule has 1 aliphatic rings. The van der Waals surface area contributed by atoms with Crippen molar-refractivity contribution < 1.29 is 4.74 Å². The largest absolute Gasteiger partial charge is 0.385 e. The van der Waals surface area contributed by atoms with Crippen molar-refractivity contribution >= 4 is 0 Å². The van der Waals surface area contributed by atoms with Crippen LogP contribution < -0.4 is 5.32 Å². The van der Waals surface area contributed by atoms with E-state index in [2.05, 4.69) is 37.9 Å². The Labute approximate surface area is 107 Å². The summed E-state index contributed by atoms with van der Waals surface area (Å²) in [6.45, 7) is 12.4. The lowest BCUT2D eigenvalue weighted by molar-refractivity contribution is 0.0566.